The van der Waals surface area contributed by atoms with Crippen LogP contribution in [0.25, 0.3) is 0 Å². The van der Waals surface area contributed by atoms with Gasteiger partial charge in [0.2, 0.25) is 0 Å². The first-order valence-electron chi connectivity index (χ1n) is 27.4. The highest BCUT2D eigenvalue weighted by Crippen LogP contribution is 2.58. The van der Waals surface area contributed by atoms with E-state index in [4.69, 9.17) is 0 Å². The normalized spacial score (nSPS) is 16.5. The lowest BCUT2D eigenvalue weighted by Crippen LogP contribution is -3.03. The van der Waals surface area contributed by atoms with Crippen LogP contribution in [0.2, 0.25) is 36.3 Å². The number of nitrogens with zero attached hydrogens (tertiary/aromatic N) is 7. The van der Waals surface area contributed by atoms with Gasteiger partial charge in [-0.3, -0.25) is 31.3 Å². The number of rotatable bonds is 15. The summed E-state index contributed by atoms with van der Waals surface area (Å²) in [6.45, 7) is 94.3. The second kappa shape index (κ2) is 21.0. The highest BCUT2D eigenvalue weighted by atomic mass is 28.5. The third-order valence-corrected chi connectivity index (χ3v) is 42.0. The Morgan fingerprint density at radius 2 is 0.299 bits per heavy atom. The summed E-state index contributed by atoms with van der Waals surface area (Å²) in [5.41, 5.74) is -2.15. The lowest BCUT2D eigenvalue weighted by atomic mass is 10.0. The van der Waals surface area contributed by atoms with Gasteiger partial charge in [-0.1, -0.05) is 18.1 Å². The summed E-state index contributed by atoms with van der Waals surface area (Å²) in [7, 11) is -6.86. The Labute approximate surface area is 437 Å². The van der Waals surface area contributed by atoms with Gasteiger partial charge >= 0.3 is 0 Å². The molecule has 0 aromatic rings. The second-order valence-corrected chi connectivity index (χ2v) is 47.5. The molecule has 0 rings (SSSR count). The standard InChI is InChI=1S/C54H129N7Si6/c1-43(2,3)55(44(4,5)6)65(40-37-62,56(45(7,8)9)46(10,11)12)61(66(41-38-63,57(47(13,14)15)48(16,17)18)58(49(19,20)21)50(22,23)24)67(42-39-64,59(51(25,26)27)52(28,29)30)60(53(31,32)33)54(34,35)36/h37-42H2,1-36,62-64H3. The Balaban J connectivity index is 12.8. The van der Waals surface area contributed by atoms with E-state index in [-0.39, 0.29) is 66.5 Å². The maximum absolute atomic E-state index is 3.87. The van der Waals surface area contributed by atoms with Crippen LogP contribution in [0.1, 0.15) is 249 Å². The highest BCUT2D eigenvalue weighted by molar-refractivity contribution is 7.02. The van der Waals surface area contributed by atoms with Crippen molar-refractivity contribution in [1.29, 1.82) is 0 Å². The van der Waals surface area contributed by atoms with Gasteiger partial charge in [-0.05, 0) is 267 Å². The van der Waals surface area contributed by atoms with Crippen molar-refractivity contribution < 1.29 is 0 Å². The van der Waals surface area contributed by atoms with Crippen LogP contribution in [-0.2, 0) is 0 Å². The molecule has 0 atom stereocenters. The molecule has 404 valence electrons. The van der Waals surface area contributed by atoms with Gasteiger partial charge in [-0.25, -0.2) is 0 Å². The van der Waals surface area contributed by atoms with Gasteiger partial charge in [0, 0.05) is 97.2 Å². The Kier molecular flexibility index (Phi) is 21.3. The molecule has 0 aromatic heterocycles. The van der Waals surface area contributed by atoms with Gasteiger partial charge < -0.3 is 0 Å². The van der Waals surface area contributed by atoms with Crippen LogP contribution < -0.4 is 0 Å². The van der Waals surface area contributed by atoms with Crippen molar-refractivity contribution in [3.05, 3.63) is 0 Å². The van der Waals surface area contributed by atoms with Gasteiger partial charge in [-0.15, -0.1) is 0 Å². The van der Waals surface area contributed by atoms with Crippen molar-refractivity contribution in [1.82, 2.24) is 31.3 Å². The molecule has 0 aliphatic heterocycles. The summed E-state index contributed by atoms with van der Waals surface area (Å²) >= 11 is 0. The summed E-state index contributed by atoms with van der Waals surface area (Å²) in [6.07, 6.45) is 0. The molecule has 0 heterocycles. The Hall–Kier alpha value is 1.02. The number of hydrogen-bond acceptors (Lipinski definition) is 7. The predicted molar refractivity (Wildman–Crippen MR) is 326 cm³/mol. The summed E-state index contributed by atoms with van der Waals surface area (Å²) in [5.74, 6) is 0. The Morgan fingerprint density at radius 3 is 0.358 bits per heavy atom. The van der Waals surface area contributed by atoms with E-state index < -0.39 is 25.7 Å². The fourth-order valence-electron chi connectivity index (χ4n) is 16.3. The summed E-state index contributed by atoms with van der Waals surface area (Å²) in [4.78, 5) is 0. The quantitative estimate of drug-likeness (QED) is 0.151. The van der Waals surface area contributed by atoms with Crippen LogP contribution in [-0.4, -0.2) is 154 Å². The average molecular weight is 1050 g/mol. The van der Waals surface area contributed by atoms with E-state index in [0.29, 0.717) is 0 Å². The molecule has 0 N–H and O–H groups in total. The molecular formula is C54H129N7Si6. The maximum atomic E-state index is 3.87. The largest absolute Gasteiger partial charge is 0.293 e. The van der Waals surface area contributed by atoms with Crippen molar-refractivity contribution in [2.24, 2.45) is 0 Å². The van der Waals surface area contributed by atoms with E-state index in [1.54, 1.807) is 0 Å². The smallest absolute Gasteiger partial charge is 0.281 e. The zero-order chi connectivity index (χ0) is 54.8. The van der Waals surface area contributed by atoms with Gasteiger partial charge in [0.1, 0.15) is 0 Å². The van der Waals surface area contributed by atoms with Gasteiger partial charge in [0.05, 0.1) is 0 Å². The molecule has 0 saturated carbocycles. The minimum atomic E-state index is -3.43. The molecule has 0 spiro atoms. The topological polar surface area (TPSA) is 22.7 Å². The molecule has 0 aromatic carbocycles. The van der Waals surface area contributed by atoms with E-state index in [9.17, 15) is 0 Å². The van der Waals surface area contributed by atoms with E-state index >= 15 is 0 Å². The molecular weight excluding hydrogens is 915 g/mol. The number of hydrogen-bond donors (Lipinski definition) is 0. The predicted octanol–water partition coefficient (Wildman–Crippen LogP) is 11.9. The first-order chi connectivity index (χ1) is 28.7. The molecule has 0 amide bonds. The van der Waals surface area contributed by atoms with E-state index in [0.717, 1.165) is 30.7 Å². The zero-order valence-electron chi connectivity index (χ0n) is 53.9. The summed E-state index contributed by atoms with van der Waals surface area (Å²) in [6, 6.07) is 7.33. The maximum Gasteiger partial charge on any atom is 0.281 e. The zero-order valence-corrected chi connectivity index (χ0v) is 62.9. The van der Waals surface area contributed by atoms with Crippen LogP contribution >= 0.6 is 0 Å². The van der Waals surface area contributed by atoms with Gasteiger partial charge in [-0.2, -0.15) is 0 Å². The van der Waals surface area contributed by atoms with Crippen molar-refractivity contribution >= 4 is 56.4 Å². The minimum Gasteiger partial charge on any atom is -0.293 e. The van der Waals surface area contributed by atoms with Gasteiger partial charge in [0.15, 0.2) is 0 Å². The van der Waals surface area contributed by atoms with Gasteiger partial charge in [0.25, 0.3) is 25.7 Å². The lowest BCUT2D eigenvalue weighted by molar-refractivity contribution is 0.00155. The molecule has 0 fully saturated rings. The van der Waals surface area contributed by atoms with Crippen LogP contribution in [0.5, 0.6) is 0 Å². The molecule has 0 aliphatic rings. The average Bonchev–Trinajstić information content (AvgIpc) is 2.87. The minimum absolute atomic E-state index is 0.179. The summed E-state index contributed by atoms with van der Waals surface area (Å²) in [5, 5.41) is 0. The van der Waals surface area contributed by atoms with Crippen molar-refractivity contribution in [2.45, 2.75) is 352 Å². The first kappa shape index (κ1) is 68.0. The van der Waals surface area contributed by atoms with Crippen molar-refractivity contribution in [3.63, 3.8) is 0 Å². The Bertz CT molecular complexity index is 1180. The summed E-state index contributed by atoms with van der Waals surface area (Å²) < 4.78 is 23.8. The third-order valence-electron chi connectivity index (χ3n) is 13.0. The lowest BCUT2D eigenvalue weighted by Gasteiger charge is -2.80. The molecule has 0 radical (unpaired) electrons. The van der Waals surface area contributed by atoms with Crippen LogP contribution in [0, 0.1) is 0 Å². The monoisotopic (exact) mass is 1040 g/mol. The second-order valence-electron chi connectivity index (χ2n) is 33.0. The van der Waals surface area contributed by atoms with E-state index in [1.807, 2.05) is 0 Å². The molecule has 13 heteroatoms. The third kappa shape index (κ3) is 14.7. The molecule has 0 aliphatic carbocycles. The molecule has 0 unspecified atom stereocenters. The fourth-order valence-corrected chi connectivity index (χ4v) is 53.5. The molecule has 0 saturated heterocycles. The molecule has 0 bridgehead atoms. The first-order valence-corrected chi connectivity index (χ1v) is 37.8. The highest BCUT2D eigenvalue weighted by Gasteiger charge is 2.79. The van der Waals surface area contributed by atoms with Crippen molar-refractivity contribution in [2.75, 3.05) is 0 Å². The van der Waals surface area contributed by atoms with E-state index in [1.165, 1.54) is 36.3 Å². The fraction of sp³-hybridized carbons (Fsp3) is 1.00. The van der Waals surface area contributed by atoms with Crippen molar-refractivity contribution in [3.8, 4) is 0 Å². The Morgan fingerprint density at radius 1 is 0.209 bits per heavy atom. The molecule has 67 heavy (non-hydrogen) atoms. The van der Waals surface area contributed by atoms with Crippen LogP contribution in [0.15, 0.2) is 0 Å². The van der Waals surface area contributed by atoms with Crippen LogP contribution in [0.4, 0.5) is 0 Å². The van der Waals surface area contributed by atoms with Crippen LogP contribution in [0.3, 0.4) is 0 Å². The SMILES string of the molecule is CC(C)(C)N(C(C)(C)C)[Si](CC[SiH3])(N(C(C)(C)C)C(C)(C)C)N([Si](CC[SiH3])(N(C(C)(C)C)C(C)(C)C)N(C(C)(C)C)C(C)(C)C)[Si](CC[SiH3])(N(C(C)(C)C)C(C)(C)C)N(C(C)(C)C)C(C)(C)C. The molecule has 7 nitrogen and oxygen atoms in total. The van der Waals surface area contributed by atoms with E-state index in [2.05, 4.69) is 281 Å².